The van der Waals surface area contributed by atoms with Gasteiger partial charge in [0, 0.05) is 11.6 Å². The molecule has 2 N–H and O–H groups in total. The lowest BCUT2D eigenvalue weighted by Gasteiger charge is -2.03. The summed E-state index contributed by atoms with van der Waals surface area (Å²) in [5.74, 6) is -3.58. The summed E-state index contributed by atoms with van der Waals surface area (Å²) in [5, 5.41) is 18.5. The SMILES string of the molecule is Cc1c(-c2c(F)cccc2Cl)oc(C(=O)O)c1O.O=C1C=CCO1. The summed E-state index contributed by atoms with van der Waals surface area (Å²) in [6.45, 7) is 1.88. The Morgan fingerprint density at radius 2 is 2.08 bits per heavy atom. The van der Waals surface area contributed by atoms with E-state index in [1.807, 2.05) is 0 Å². The van der Waals surface area contributed by atoms with Gasteiger partial charge in [0.15, 0.2) is 5.75 Å². The van der Waals surface area contributed by atoms with Crippen LogP contribution in [0.25, 0.3) is 11.3 Å². The van der Waals surface area contributed by atoms with Gasteiger partial charge in [-0.2, -0.15) is 0 Å². The van der Waals surface area contributed by atoms with E-state index in [0.717, 1.165) is 0 Å². The monoisotopic (exact) mass is 354 g/mol. The van der Waals surface area contributed by atoms with Crippen molar-refractivity contribution in [3.8, 4) is 17.1 Å². The summed E-state index contributed by atoms with van der Waals surface area (Å²) in [4.78, 5) is 20.7. The van der Waals surface area contributed by atoms with Crippen molar-refractivity contribution in [3.05, 3.63) is 52.5 Å². The fraction of sp³-hybridized carbons (Fsp3) is 0.125. The third-order valence-electron chi connectivity index (χ3n) is 3.07. The van der Waals surface area contributed by atoms with E-state index < -0.39 is 23.3 Å². The highest BCUT2D eigenvalue weighted by Crippen LogP contribution is 2.39. The second kappa shape index (κ2) is 7.18. The average Bonchev–Trinajstić information content (AvgIpc) is 3.10. The lowest BCUT2D eigenvalue weighted by atomic mass is 10.1. The molecule has 0 fully saturated rings. The zero-order chi connectivity index (χ0) is 17.9. The molecule has 0 unspecified atom stereocenters. The standard InChI is InChI=1S/C12H8ClFO4.C4H4O2/c1-5-9(15)11(12(16)17)18-10(5)8-6(13)3-2-4-7(8)14;5-4-2-1-3-6-4/h2-4,15H,1H3,(H,16,17);1-2H,3H2. The smallest absolute Gasteiger partial charge is 0.375 e. The van der Waals surface area contributed by atoms with Crippen molar-refractivity contribution >= 4 is 23.5 Å². The van der Waals surface area contributed by atoms with E-state index in [1.165, 1.54) is 31.2 Å². The molecule has 0 aliphatic carbocycles. The number of carbonyl (C=O) groups excluding carboxylic acids is 1. The van der Waals surface area contributed by atoms with Gasteiger partial charge in [0.25, 0.3) is 5.76 Å². The molecule has 8 heteroatoms. The third-order valence-corrected chi connectivity index (χ3v) is 3.39. The van der Waals surface area contributed by atoms with Crippen LogP contribution in [0.2, 0.25) is 5.02 Å². The number of aromatic hydroxyl groups is 1. The topological polar surface area (TPSA) is 97.0 Å². The number of carboxylic acids is 1. The van der Waals surface area contributed by atoms with Gasteiger partial charge in [-0.25, -0.2) is 14.0 Å². The number of hydrogen-bond acceptors (Lipinski definition) is 5. The summed E-state index contributed by atoms with van der Waals surface area (Å²) in [6.07, 6.45) is 3.10. The Morgan fingerprint density at radius 3 is 2.50 bits per heavy atom. The Labute approximate surface area is 140 Å². The van der Waals surface area contributed by atoms with Gasteiger partial charge in [-0.05, 0) is 25.1 Å². The lowest BCUT2D eigenvalue weighted by molar-refractivity contribution is -0.134. The van der Waals surface area contributed by atoms with Gasteiger partial charge in [0.05, 0.1) is 10.6 Å². The summed E-state index contributed by atoms with van der Waals surface area (Å²) in [5.41, 5.74) is 0.0545. The van der Waals surface area contributed by atoms with Crippen molar-refractivity contribution in [1.82, 2.24) is 0 Å². The number of rotatable bonds is 2. The van der Waals surface area contributed by atoms with Gasteiger partial charge < -0.3 is 19.4 Å². The van der Waals surface area contributed by atoms with Crippen molar-refractivity contribution in [1.29, 1.82) is 0 Å². The molecule has 24 heavy (non-hydrogen) atoms. The maximum atomic E-state index is 13.7. The number of esters is 1. The van der Waals surface area contributed by atoms with Gasteiger partial charge >= 0.3 is 11.9 Å². The van der Waals surface area contributed by atoms with Crippen molar-refractivity contribution in [2.24, 2.45) is 0 Å². The predicted molar refractivity (Wildman–Crippen MR) is 82.6 cm³/mol. The molecular weight excluding hydrogens is 343 g/mol. The van der Waals surface area contributed by atoms with E-state index in [-0.39, 0.29) is 27.9 Å². The van der Waals surface area contributed by atoms with Crippen LogP contribution in [0.1, 0.15) is 16.1 Å². The molecule has 1 aromatic heterocycles. The van der Waals surface area contributed by atoms with Crippen LogP contribution in [0.4, 0.5) is 4.39 Å². The number of halogens is 2. The first-order valence-electron chi connectivity index (χ1n) is 6.66. The largest absolute Gasteiger partial charge is 0.504 e. The van der Waals surface area contributed by atoms with E-state index in [9.17, 15) is 19.1 Å². The molecule has 0 spiro atoms. The third kappa shape index (κ3) is 3.57. The molecule has 2 heterocycles. The van der Waals surface area contributed by atoms with Crippen LogP contribution in [0.15, 0.2) is 34.8 Å². The summed E-state index contributed by atoms with van der Waals surface area (Å²) < 4.78 is 23.1. The van der Waals surface area contributed by atoms with E-state index in [4.69, 9.17) is 21.1 Å². The lowest BCUT2D eigenvalue weighted by Crippen LogP contribution is -1.93. The molecular formula is C16H12ClFO6. The minimum atomic E-state index is -1.44. The van der Waals surface area contributed by atoms with Crippen LogP contribution < -0.4 is 0 Å². The maximum Gasteiger partial charge on any atom is 0.375 e. The van der Waals surface area contributed by atoms with Crippen LogP contribution in [-0.2, 0) is 9.53 Å². The number of benzene rings is 1. The van der Waals surface area contributed by atoms with E-state index >= 15 is 0 Å². The van der Waals surface area contributed by atoms with Gasteiger partial charge in [0.1, 0.15) is 18.2 Å². The molecule has 126 valence electrons. The van der Waals surface area contributed by atoms with Crippen molar-refractivity contribution in [2.75, 3.05) is 6.61 Å². The first kappa shape index (κ1) is 17.6. The fourth-order valence-electron chi connectivity index (χ4n) is 1.93. The molecule has 0 bridgehead atoms. The van der Waals surface area contributed by atoms with Gasteiger partial charge in [-0.3, -0.25) is 0 Å². The number of carboxylic acid groups (broad SMARTS) is 1. The maximum absolute atomic E-state index is 13.7. The van der Waals surface area contributed by atoms with Crippen molar-refractivity contribution in [2.45, 2.75) is 6.92 Å². The quantitative estimate of drug-likeness (QED) is 0.800. The summed E-state index contributed by atoms with van der Waals surface area (Å²) in [6, 6.07) is 4.03. The van der Waals surface area contributed by atoms with E-state index in [1.54, 1.807) is 6.08 Å². The van der Waals surface area contributed by atoms with Crippen LogP contribution in [0.5, 0.6) is 5.75 Å². The normalized spacial score (nSPS) is 12.5. The van der Waals surface area contributed by atoms with Crippen molar-refractivity contribution < 1.29 is 33.3 Å². The van der Waals surface area contributed by atoms with Crippen molar-refractivity contribution in [3.63, 3.8) is 0 Å². The number of aromatic carboxylic acids is 1. The zero-order valence-electron chi connectivity index (χ0n) is 12.4. The van der Waals surface area contributed by atoms with Crippen LogP contribution in [0.3, 0.4) is 0 Å². The van der Waals surface area contributed by atoms with Crippen LogP contribution >= 0.6 is 11.6 Å². The van der Waals surface area contributed by atoms with Gasteiger partial charge in [-0.1, -0.05) is 17.7 Å². The highest BCUT2D eigenvalue weighted by atomic mass is 35.5. The fourth-order valence-corrected chi connectivity index (χ4v) is 2.17. The number of carbonyl (C=O) groups is 2. The molecule has 1 aliphatic heterocycles. The molecule has 0 saturated carbocycles. The number of ether oxygens (including phenoxy) is 1. The minimum Gasteiger partial charge on any atom is -0.504 e. The van der Waals surface area contributed by atoms with Crippen LogP contribution in [-0.4, -0.2) is 28.8 Å². The Kier molecular flexibility index (Phi) is 5.25. The second-order valence-electron chi connectivity index (χ2n) is 4.67. The molecule has 1 aromatic carbocycles. The summed E-state index contributed by atoms with van der Waals surface area (Å²) >= 11 is 5.85. The molecule has 0 saturated heterocycles. The minimum absolute atomic E-state index is 0.0699. The average molecular weight is 355 g/mol. The highest BCUT2D eigenvalue weighted by Gasteiger charge is 2.25. The Morgan fingerprint density at radius 1 is 1.38 bits per heavy atom. The zero-order valence-corrected chi connectivity index (χ0v) is 13.1. The van der Waals surface area contributed by atoms with Gasteiger partial charge in [-0.15, -0.1) is 0 Å². The first-order valence-corrected chi connectivity index (χ1v) is 7.04. The van der Waals surface area contributed by atoms with Gasteiger partial charge in [0.2, 0.25) is 0 Å². The summed E-state index contributed by atoms with van der Waals surface area (Å²) in [7, 11) is 0. The molecule has 1 aliphatic rings. The second-order valence-corrected chi connectivity index (χ2v) is 5.08. The molecule has 0 atom stereocenters. The number of furan rings is 1. The molecule has 3 rings (SSSR count). The molecule has 6 nitrogen and oxygen atoms in total. The Hall–Kier alpha value is -2.80. The first-order chi connectivity index (χ1) is 11.3. The Bertz CT molecular complexity index is 804. The Balaban J connectivity index is 0.000000292. The predicted octanol–water partition coefficient (Wildman–Crippen LogP) is 3.55. The number of cyclic esters (lactones) is 1. The molecule has 2 aromatic rings. The van der Waals surface area contributed by atoms with E-state index in [2.05, 4.69) is 4.74 Å². The molecule has 0 amide bonds. The van der Waals surface area contributed by atoms with Crippen LogP contribution in [0, 0.1) is 12.7 Å². The highest BCUT2D eigenvalue weighted by molar-refractivity contribution is 6.33. The number of hydrogen-bond donors (Lipinski definition) is 2. The molecule has 0 radical (unpaired) electrons. The van der Waals surface area contributed by atoms with E-state index in [0.29, 0.717) is 6.61 Å².